The number of rotatable bonds is 4. The highest BCUT2D eigenvalue weighted by Gasteiger charge is 2.22. The molecule has 1 fully saturated rings. The molecule has 2 aromatic heterocycles. The lowest BCUT2D eigenvalue weighted by atomic mass is 10.0. The van der Waals surface area contributed by atoms with Crippen molar-refractivity contribution in [3.05, 3.63) is 35.8 Å². The lowest BCUT2D eigenvalue weighted by Gasteiger charge is -2.34. The van der Waals surface area contributed by atoms with Gasteiger partial charge < -0.3 is 15.1 Å². The first-order valence-corrected chi connectivity index (χ1v) is 8.45. The molecule has 0 atom stereocenters. The summed E-state index contributed by atoms with van der Waals surface area (Å²) in [7, 11) is 3.93. The van der Waals surface area contributed by atoms with Crippen LogP contribution in [0.5, 0.6) is 0 Å². The molecule has 25 heavy (non-hydrogen) atoms. The van der Waals surface area contributed by atoms with Crippen LogP contribution in [0, 0.1) is 18.3 Å². The van der Waals surface area contributed by atoms with Gasteiger partial charge in [-0.05, 0) is 31.9 Å². The van der Waals surface area contributed by atoms with Crippen LogP contribution in [0.2, 0.25) is 0 Å². The van der Waals surface area contributed by atoms with E-state index < -0.39 is 0 Å². The molecule has 0 saturated carbocycles. The topological polar surface area (TPSA) is 81.0 Å². The number of nitrogens with zero attached hydrogens (tertiary/aromatic N) is 6. The first-order chi connectivity index (χ1) is 12.1. The van der Waals surface area contributed by atoms with Gasteiger partial charge in [-0.25, -0.2) is 15.0 Å². The Morgan fingerprint density at radius 1 is 1.24 bits per heavy atom. The molecule has 130 valence electrons. The van der Waals surface area contributed by atoms with E-state index in [0.29, 0.717) is 11.6 Å². The number of anilines is 3. The summed E-state index contributed by atoms with van der Waals surface area (Å²) in [5.74, 6) is 2.54. The van der Waals surface area contributed by atoms with Gasteiger partial charge in [-0.15, -0.1) is 0 Å². The van der Waals surface area contributed by atoms with Crippen LogP contribution >= 0.6 is 0 Å². The standard InChI is InChI=1S/C18H23N7/c1-13-4-5-14(11-19)18(22-13)25-8-6-15(7-9-25)23-16-10-17(24(2)3)21-12-20-16/h4-5,10,12,15H,6-9H2,1-3H3,(H,20,21,23). The normalized spacial score (nSPS) is 14.9. The second-order valence-electron chi connectivity index (χ2n) is 6.50. The van der Waals surface area contributed by atoms with E-state index in [-0.39, 0.29) is 0 Å². The molecule has 0 amide bonds. The summed E-state index contributed by atoms with van der Waals surface area (Å²) in [5, 5.41) is 12.8. The summed E-state index contributed by atoms with van der Waals surface area (Å²) in [6, 6.07) is 8.30. The van der Waals surface area contributed by atoms with E-state index >= 15 is 0 Å². The van der Waals surface area contributed by atoms with Gasteiger partial charge in [-0.2, -0.15) is 5.26 Å². The molecule has 1 saturated heterocycles. The summed E-state index contributed by atoms with van der Waals surface area (Å²) in [4.78, 5) is 17.3. The number of aryl methyl sites for hydroxylation is 1. The third-order valence-electron chi connectivity index (χ3n) is 4.39. The smallest absolute Gasteiger partial charge is 0.146 e. The molecule has 0 spiro atoms. The van der Waals surface area contributed by atoms with E-state index in [4.69, 9.17) is 0 Å². The van der Waals surface area contributed by atoms with Gasteiger partial charge in [0, 0.05) is 45.0 Å². The minimum absolute atomic E-state index is 0.358. The van der Waals surface area contributed by atoms with E-state index in [0.717, 1.165) is 49.1 Å². The van der Waals surface area contributed by atoms with Crippen LogP contribution < -0.4 is 15.1 Å². The summed E-state index contributed by atoms with van der Waals surface area (Å²) < 4.78 is 0. The SMILES string of the molecule is Cc1ccc(C#N)c(N2CCC(Nc3cc(N(C)C)ncn3)CC2)n1. The molecule has 0 unspecified atom stereocenters. The lowest BCUT2D eigenvalue weighted by Crippen LogP contribution is -2.40. The third kappa shape index (κ3) is 3.97. The number of nitrogens with one attached hydrogen (secondary N) is 1. The molecule has 0 bridgehead atoms. The van der Waals surface area contributed by atoms with Crippen molar-refractivity contribution >= 4 is 17.5 Å². The Labute approximate surface area is 148 Å². The molecule has 7 nitrogen and oxygen atoms in total. The summed E-state index contributed by atoms with van der Waals surface area (Å²) in [5.41, 5.74) is 1.58. The first kappa shape index (κ1) is 17.0. The maximum absolute atomic E-state index is 9.31. The highest BCUT2D eigenvalue weighted by Crippen LogP contribution is 2.24. The molecule has 1 aliphatic heterocycles. The van der Waals surface area contributed by atoms with Crippen molar-refractivity contribution in [3.8, 4) is 6.07 Å². The molecular weight excluding hydrogens is 314 g/mol. The van der Waals surface area contributed by atoms with Crippen LogP contribution in [0.25, 0.3) is 0 Å². The van der Waals surface area contributed by atoms with Crippen LogP contribution in [0.4, 0.5) is 17.5 Å². The van der Waals surface area contributed by atoms with E-state index in [1.807, 2.05) is 44.1 Å². The Morgan fingerprint density at radius 3 is 2.68 bits per heavy atom. The monoisotopic (exact) mass is 337 g/mol. The number of nitriles is 1. The zero-order chi connectivity index (χ0) is 17.8. The summed E-state index contributed by atoms with van der Waals surface area (Å²) in [6.07, 6.45) is 3.53. The Bertz CT molecular complexity index is 773. The fourth-order valence-corrected chi connectivity index (χ4v) is 2.99. The van der Waals surface area contributed by atoms with Gasteiger partial charge >= 0.3 is 0 Å². The van der Waals surface area contributed by atoms with Gasteiger partial charge in [0.15, 0.2) is 0 Å². The van der Waals surface area contributed by atoms with E-state index in [1.165, 1.54) is 0 Å². The van der Waals surface area contributed by atoms with Gasteiger partial charge in [0.05, 0.1) is 5.56 Å². The average molecular weight is 337 g/mol. The summed E-state index contributed by atoms with van der Waals surface area (Å²) >= 11 is 0. The minimum Gasteiger partial charge on any atom is -0.367 e. The molecule has 3 heterocycles. The van der Waals surface area contributed by atoms with E-state index in [2.05, 4.69) is 31.2 Å². The van der Waals surface area contributed by atoms with Crippen LogP contribution in [-0.4, -0.2) is 48.2 Å². The van der Waals surface area contributed by atoms with Crippen LogP contribution in [0.1, 0.15) is 24.1 Å². The Balaban J connectivity index is 1.64. The maximum atomic E-state index is 9.31. The molecule has 2 aromatic rings. The predicted octanol–water partition coefficient (Wildman–Crippen LogP) is 2.20. The number of hydrogen-bond donors (Lipinski definition) is 1. The van der Waals surface area contributed by atoms with Crippen molar-refractivity contribution in [2.75, 3.05) is 42.3 Å². The molecule has 3 rings (SSSR count). The fraction of sp³-hybridized carbons (Fsp3) is 0.444. The average Bonchev–Trinajstić information content (AvgIpc) is 2.62. The molecule has 1 N–H and O–H groups in total. The van der Waals surface area contributed by atoms with Gasteiger partial charge in [-0.3, -0.25) is 0 Å². The molecule has 0 aliphatic carbocycles. The van der Waals surface area contributed by atoms with Crippen molar-refractivity contribution in [1.82, 2.24) is 15.0 Å². The molecule has 1 aliphatic rings. The van der Waals surface area contributed by atoms with Crippen molar-refractivity contribution < 1.29 is 0 Å². The lowest BCUT2D eigenvalue weighted by molar-refractivity contribution is 0.522. The fourth-order valence-electron chi connectivity index (χ4n) is 2.99. The predicted molar refractivity (Wildman–Crippen MR) is 98.9 cm³/mol. The largest absolute Gasteiger partial charge is 0.367 e. The van der Waals surface area contributed by atoms with Gasteiger partial charge in [-0.1, -0.05) is 0 Å². The number of pyridine rings is 1. The number of piperidine rings is 1. The van der Waals surface area contributed by atoms with Crippen molar-refractivity contribution in [3.63, 3.8) is 0 Å². The van der Waals surface area contributed by atoms with E-state index in [1.54, 1.807) is 6.33 Å². The Kier molecular flexibility index (Phi) is 4.98. The van der Waals surface area contributed by atoms with Crippen molar-refractivity contribution in [2.45, 2.75) is 25.8 Å². The zero-order valence-electron chi connectivity index (χ0n) is 14.9. The Morgan fingerprint density at radius 2 is 2.00 bits per heavy atom. The molecule has 0 radical (unpaired) electrons. The van der Waals surface area contributed by atoms with Crippen LogP contribution in [-0.2, 0) is 0 Å². The first-order valence-electron chi connectivity index (χ1n) is 8.45. The molecule has 0 aromatic carbocycles. The van der Waals surface area contributed by atoms with Crippen LogP contribution in [0.15, 0.2) is 24.5 Å². The summed E-state index contributed by atoms with van der Waals surface area (Å²) in [6.45, 7) is 3.69. The van der Waals surface area contributed by atoms with Crippen LogP contribution in [0.3, 0.4) is 0 Å². The van der Waals surface area contributed by atoms with Crippen molar-refractivity contribution in [1.29, 1.82) is 5.26 Å². The van der Waals surface area contributed by atoms with Gasteiger partial charge in [0.25, 0.3) is 0 Å². The maximum Gasteiger partial charge on any atom is 0.146 e. The van der Waals surface area contributed by atoms with Gasteiger partial charge in [0.2, 0.25) is 0 Å². The zero-order valence-corrected chi connectivity index (χ0v) is 14.9. The van der Waals surface area contributed by atoms with Gasteiger partial charge in [0.1, 0.15) is 29.9 Å². The second-order valence-corrected chi connectivity index (χ2v) is 6.50. The highest BCUT2D eigenvalue weighted by atomic mass is 15.2. The number of hydrogen-bond acceptors (Lipinski definition) is 7. The molecular formula is C18H23N7. The quantitative estimate of drug-likeness (QED) is 0.916. The number of aromatic nitrogens is 3. The minimum atomic E-state index is 0.358. The van der Waals surface area contributed by atoms with Crippen molar-refractivity contribution in [2.24, 2.45) is 0 Å². The Hall–Kier alpha value is -2.88. The second kappa shape index (κ2) is 7.34. The van der Waals surface area contributed by atoms with E-state index in [9.17, 15) is 5.26 Å². The highest BCUT2D eigenvalue weighted by molar-refractivity contribution is 5.55. The molecule has 7 heteroatoms. The third-order valence-corrected chi connectivity index (χ3v) is 4.39.